The molecule has 0 aliphatic heterocycles. The second-order valence-corrected chi connectivity index (χ2v) is 6.81. The van der Waals surface area contributed by atoms with Crippen molar-refractivity contribution in [1.29, 1.82) is 0 Å². The standard InChI is InChI=1S/C19H14BrClFN5O.C2H6/c1-3-13(18(22)11(2)21)27-19-17-14(25-10-26-19)7-12(20)8-15(17)28-9-16-23-5-4-6-24-16;1-2/h3-8,10H,1-2,9H2,(H,25,26,27);1-2H3/b18-13-;. The van der Waals surface area contributed by atoms with Crippen molar-refractivity contribution < 1.29 is 9.13 Å². The molecule has 0 fully saturated rings. The van der Waals surface area contributed by atoms with E-state index in [1.807, 2.05) is 13.8 Å². The summed E-state index contributed by atoms with van der Waals surface area (Å²) in [5, 5.41) is 3.18. The molecule has 2 heterocycles. The van der Waals surface area contributed by atoms with Crippen molar-refractivity contribution in [2.24, 2.45) is 0 Å². The number of halogens is 3. The van der Waals surface area contributed by atoms with Crippen LogP contribution in [0.15, 0.2) is 77.2 Å². The van der Waals surface area contributed by atoms with E-state index in [-0.39, 0.29) is 17.3 Å². The Kier molecular flexibility index (Phi) is 8.89. The molecule has 30 heavy (non-hydrogen) atoms. The Morgan fingerprint density at radius 2 is 1.93 bits per heavy atom. The fraction of sp³-hybridized carbons (Fsp3) is 0.143. The first-order valence-corrected chi connectivity index (χ1v) is 10.1. The number of hydrogen-bond donors (Lipinski definition) is 1. The Hall–Kier alpha value is -2.84. The van der Waals surface area contributed by atoms with E-state index in [1.165, 1.54) is 12.4 Å². The van der Waals surface area contributed by atoms with Crippen LogP contribution < -0.4 is 10.1 Å². The Morgan fingerprint density at radius 1 is 1.23 bits per heavy atom. The topological polar surface area (TPSA) is 72.8 Å². The predicted octanol–water partition coefficient (Wildman–Crippen LogP) is 6.32. The van der Waals surface area contributed by atoms with E-state index in [0.29, 0.717) is 28.3 Å². The largest absolute Gasteiger partial charge is 0.485 e. The maximum Gasteiger partial charge on any atom is 0.166 e. The van der Waals surface area contributed by atoms with E-state index in [4.69, 9.17) is 16.3 Å². The third kappa shape index (κ3) is 5.84. The molecular weight excluding hydrogens is 473 g/mol. The third-order valence-corrected chi connectivity index (χ3v) is 4.20. The first-order chi connectivity index (χ1) is 14.5. The van der Waals surface area contributed by atoms with E-state index in [9.17, 15) is 4.39 Å². The highest BCUT2D eigenvalue weighted by Gasteiger charge is 2.15. The molecule has 0 spiro atoms. The summed E-state index contributed by atoms with van der Waals surface area (Å²) in [7, 11) is 0. The summed E-state index contributed by atoms with van der Waals surface area (Å²) in [6.07, 6.45) is 5.90. The van der Waals surface area contributed by atoms with Crippen LogP contribution in [-0.4, -0.2) is 19.9 Å². The van der Waals surface area contributed by atoms with Gasteiger partial charge in [-0.3, -0.25) is 0 Å². The number of allylic oxidation sites excluding steroid dienone is 3. The highest BCUT2D eigenvalue weighted by atomic mass is 79.9. The zero-order valence-electron chi connectivity index (χ0n) is 16.5. The van der Waals surface area contributed by atoms with Gasteiger partial charge in [0.1, 0.15) is 24.5 Å². The summed E-state index contributed by atoms with van der Waals surface area (Å²) in [6.45, 7) is 11.1. The van der Waals surface area contributed by atoms with Crippen molar-refractivity contribution in [2.75, 3.05) is 5.32 Å². The minimum absolute atomic E-state index is 0.0280. The quantitative estimate of drug-likeness (QED) is 0.389. The number of aromatic nitrogens is 4. The number of anilines is 1. The molecule has 0 unspecified atom stereocenters. The van der Waals surface area contributed by atoms with Crippen LogP contribution in [0.5, 0.6) is 5.75 Å². The molecule has 0 atom stereocenters. The number of fused-ring (bicyclic) bond motifs is 1. The molecule has 0 aliphatic rings. The normalized spacial score (nSPS) is 11.1. The van der Waals surface area contributed by atoms with Crippen molar-refractivity contribution in [3.63, 3.8) is 0 Å². The number of ether oxygens (including phenoxy) is 1. The van der Waals surface area contributed by atoms with E-state index < -0.39 is 5.83 Å². The Balaban J connectivity index is 0.00000155. The molecule has 156 valence electrons. The lowest BCUT2D eigenvalue weighted by atomic mass is 10.2. The monoisotopic (exact) mass is 491 g/mol. The lowest BCUT2D eigenvalue weighted by molar-refractivity contribution is 0.299. The predicted molar refractivity (Wildman–Crippen MR) is 122 cm³/mol. The molecule has 0 radical (unpaired) electrons. The van der Waals surface area contributed by atoms with E-state index in [2.05, 4.69) is 54.3 Å². The fourth-order valence-electron chi connectivity index (χ4n) is 2.35. The Morgan fingerprint density at radius 3 is 2.57 bits per heavy atom. The molecule has 0 bridgehead atoms. The van der Waals surface area contributed by atoms with Gasteiger partial charge < -0.3 is 10.1 Å². The number of benzene rings is 1. The van der Waals surface area contributed by atoms with Gasteiger partial charge in [-0.25, -0.2) is 24.3 Å². The van der Waals surface area contributed by atoms with Crippen LogP contribution in [0.2, 0.25) is 0 Å². The van der Waals surface area contributed by atoms with Crippen LogP contribution in [0.1, 0.15) is 19.7 Å². The van der Waals surface area contributed by atoms with Gasteiger partial charge in [-0.05, 0) is 24.3 Å². The number of rotatable bonds is 7. The van der Waals surface area contributed by atoms with Gasteiger partial charge in [0.05, 0.1) is 21.6 Å². The lowest BCUT2D eigenvalue weighted by Gasteiger charge is -2.14. The summed E-state index contributed by atoms with van der Waals surface area (Å²) in [6, 6.07) is 5.27. The number of nitrogens with zero attached hydrogens (tertiary/aromatic N) is 4. The molecule has 1 aromatic carbocycles. The van der Waals surface area contributed by atoms with Crippen LogP contribution in [0, 0.1) is 0 Å². The number of nitrogens with one attached hydrogen (secondary N) is 1. The van der Waals surface area contributed by atoms with Crippen molar-refractivity contribution in [2.45, 2.75) is 20.5 Å². The summed E-state index contributed by atoms with van der Waals surface area (Å²) in [5.41, 5.74) is 0.615. The molecule has 9 heteroatoms. The zero-order chi connectivity index (χ0) is 22.1. The fourth-order valence-corrected chi connectivity index (χ4v) is 2.87. The van der Waals surface area contributed by atoms with Gasteiger partial charge in [-0.1, -0.05) is 54.5 Å². The summed E-state index contributed by atoms with van der Waals surface area (Å²) >= 11 is 9.10. The molecule has 3 rings (SSSR count). The lowest BCUT2D eigenvalue weighted by Crippen LogP contribution is -2.05. The van der Waals surface area contributed by atoms with Crippen LogP contribution >= 0.6 is 27.5 Å². The maximum absolute atomic E-state index is 14.2. The van der Waals surface area contributed by atoms with Crippen LogP contribution in [0.25, 0.3) is 10.9 Å². The minimum atomic E-state index is -0.735. The van der Waals surface area contributed by atoms with Crippen LogP contribution in [0.3, 0.4) is 0 Å². The van der Waals surface area contributed by atoms with E-state index >= 15 is 0 Å². The van der Waals surface area contributed by atoms with Gasteiger partial charge >= 0.3 is 0 Å². The molecule has 0 aliphatic carbocycles. The third-order valence-electron chi connectivity index (χ3n) is 3.57. The van der Waals surface area contributed by atoms with Gasteiger partial charge in [0.2, 0.25) is 0 Å². The second kappa shape index (κ2) is 11.4. The molecule has 2 aromatic heterocycles. The molecule has 6 nitrogen and oxygen atoms in total. The first-order valence-electron chi connectivity index (χ1n) is 8.96. The Bertz CT molecular complexity index is 1080. The highest BCUT2D eigenvalue weighted by Crippen LogP contribution is 2.34. The average molecular weight is 493 g/mol. The molecule has 0 amide bonds. The van der Waals surface area contributed by atoms with Crippen molar-refractivity contribution in [3.05, 3.63) is 83.0 Å². The smallest absolute Gasteiger partial charge is 0.166 e. The molecule has 0 saturated heterocycles. The minimum Gasteiger partial charge on any atom is -0.485 e. The van der Waals surface area contributed by atoms with Crippen molar-refractivity contribution in [1.82, 2.24) is 19.9 Å². The first kappa shape index (κ1) is 23.4. The van der Waals surface area contributed by atoms with Gasteiger partial charge in [0, 0.05) is 16.9 Å². The van der Waals surface area contributed by atoms with Crippen molar-refractivity contribution in [3.8, 4) is 5.75 Å². The maximum atomic E-state index is 14.2. The highest BCUT2D eigenvalue weighted by molar-refractivity contribution is 9.10. The molecule has 3 aromatic rings. The van der Waals surface area contributed by atoms with Crippen molar-refractivity contribution >= 4 is 44.3 Å². The van der Waals surface area contributed by atoms with Gasteiger partial charge in [-0.2, -0.15) is 0 Å². The summed E-state index contributed by atoms with van der Waals surface area (Å²) in [4.78, 5) is 16.7. The molecule has 1 N–H and O–H groups in total. The second-order valence-electron chi connectivity index (χ2n) is 5.44. The summed E-state index contributed by atoms with van der Waals surface area (Å²) < 4.78 is 20.9. The molecule has 0 saturated carbocycles. The van der Waals surface area contributed by atoms with E-state index in [1.54, 1.807) is 30.6 Å². The van der Waals surface area contributed by atoms with Crippen LogP contribution in [-0.2, 0) is 6.61 Å². The van der Waals surface area contributed by atoms with Gasteiger partial charge in [0.15, 0.2) is 11.7 Å². The van der Waals surface area contributed by atoms with Crippen LogP contribution in [0.4, 0.5) is 10.2 Å². The summed E-state index contributed by atoms with van der Waals surface area (Å²) in [5.74, 6) is 0.566. The Labute approximate surface area is 187 Å². The van der Waals surface area contributed by atoms with E-state index in [0.717, 1.165) is 4.47 Å². The van der Waals surface area contributed by atoms with Gasteiger partial charge in [0.25, 0.3) is 0 Å². The number of hydrogen-bond acceptors (Lipinski definition) is 6. The average Bonchev–Trinajstić information content (AvgIpc) is 2.77. The molecular formula is C21H20BrClFN5O. The SMILES string of the molecule is C=C/C(Nc1ncnc2cc(Br)cc(OCc3ncccn3)c12)=C(/F)C(=C)Cl.CC. The van der Waals surface area contributed by atoms with Gasteiger partial charge in [-0.15, -0.1) is 0 Å². The zero-order valence-corrected chi connectivity index (χ0v) is 18.8.